The molecule has 0 saturated carbocycles. The van der Waals surface area contributed by atoms with Gasteiger partial charge in [0.2, 0.25) is 6.08 Å². The van der Waals surface area contributed by atoms with E-state index in [1.54, 1.807) is 0 Å². The van der Waals surface area contributed by atoms with Crippen LogP contribution in [0, 0.1) is 0 Å². The van der Waals surface area contributed by atoms with Gasteiger partial charge in [0.25, 0.3) is 0 Å². The normalized spacial score (nSPS) is 10.6. The van der Waals surface area contributed by atoms with Crippen molar-refractivity contribution >= 4 is 17.7 Å². The van der Waals surface area contributed by atoms with Crippen molar-refractivity contribution in [2.24, 2.45) is 4.99 Å². The predicted molar refractivity (Wildman–Crippen MR) is 50.6 cm³/mol. The maximum Gasteiger partial charge on any atom is 0.417 e. The number of aliphatic imine (C=N–C) groups is 1. The fourth-order valence-corrected chi connectivity index (χ4v) is 1.18. The number of methoxy groups -OCH3 is 1. The molecule has 0 aliphatic rings. The topological polar surface area (TPSA) is 55.7 Å². The molecular weight excluding hydrogens is 239 g/mol. The van der Waals surface area contributed by atoms with Crippen LogP contribution in [0.4, 0.5) is 18.9 Å². The number of rotatable bonds is 2. The minimum atomic E-state index is -4.74. The van der Waals surface area contributed by atoms with Crippen LogP contribution in [0.25, 0.3) is 0 Å². The van der Waals surface area contributed by atoms with Crippen molar-refractivity contribution in [3.8, 4) is 0 Å². The molecule has 1 aromatic carbocycles. The Labute approximate surface area is 93.7 Å². The van der Waals surface area contributed by atoms with Gasteiger partial charge in [0.1, 0.15) is 0 Å². The molecule has 0 radical (unpaired) electrons. The van der Waals surface area contributed by atoms with Crippen molar-refractivity contribution in [2.45, 2.75) is 6.18 Å². The number of ether oxygens (including phenoxy) is 1. The number of hydrogen-bond donors (Lipinski definition) is 0. The second kappa shape index (κ2) is 4.80. The molecule has 0 spiro atoms. The summed E-state index contributed by atoms with van der Waals surface area (Å²) in [6.07, 6.45) is -3.62. The third-order valence-corrected chi connectivity index (χ3v) is 1.89. The van der Waals surface area contributed by atoms with Crippen LogP contribution in [0.3, 0.4) is 0 Å². The van der Waals surface area contributed by atoms with E-state index in [-0.39, 0.29) is 5.69 Å². The minimum absolute atomic E-state index is 0.236. The highest BCUT2D eigenvalue weighted by Gasteiger charge is 2.35. The zero-order valence-electron chi connectivity index (χ0n) is 8.54. The summed E-state index contributed by atoms with van der Waals surface area (Å²) in [4.78, 5) is 24.1. The van der Waals surface area contributed by atoms with Gasteiger partial charge in [-0.3, -0.25) is 0 Å². The number of benzene rings is 1. The SMILES string of the molecule is COC(=O)c1ccc(N=C=O)cc1C(F)(F)F. The average molecular weight is 245 g/mol. The van der Waals surface area contributed by atoms with Gasteiger partial charge in [0.15, 0.2) is 0 Å². The van der Waals surface area contributed by atoms with Crippen molar-refractivity contribution < 1.29 is 27.5 Å². The van der Waals surface area contributed by atoms with Crippen LogP contribution >= 0.6 is 0 Å². The molecule has 0 aromatic heterocycles. The largest absolute Gasteiger partial charge is 0.465 e. The van der Waals surface area contributed by atoms with E-state index in [2.05, 4.69) is 9.73 Å². The molecule has 0 atom stereocenters. The Morgan fingerprint density at radius 2 is 2.06 bits per heavy atom. The van der Waals surface area contributed by atoms with Crippen LogP contribution < -0.4 is 0 Å². The van der Waals surface area contributed by atoms with Crippen molar-refractivity contribution in [2.75, 3.05) is 7.11 Å². The molecule has 0 aliphatic heterocycles. The Bertz CT molecular complexity index is 490. The van der Waals surface area contributed by atoms with E-state index in [4.69, 9.17) is 0 Å². The molecule has 0 heterocycles. The molecule has 90 valence electrons. The van der Waals surface area contributed by atoms with Gasteiger partial charge >= 0.3 is 12.1 Å². The van der Waals surface area contributed by atoms with Crippen LogP contribution in [-0.2, 0) is 15.7 Å². The van der Waals surface area contributed by atoms with Gasteiger partial charge in [-0.2, -0.15) is 18.2 Å². The van der Waals surface area contributed by atoms with Gasteiger partial charge < -0.3 is 4.74 Å². The molecule has 0 bridgehead atoms. The summed E-state index contributed by atoms with van der Waals surface area (Å²) < 4.78 is 42.1. The zero-order valence-corrected chi connectivity index (χ0v) is 8.54. The molecular formula is C10H6F3NO3. The molecule has 1 rings (SSSR count). The van der Waals surface area contributed by atoms with Gasteiger partial charge in [-0.05, 0) is 18.2 Å². The zero-order chi connectivity index (χ0) is 13.1. The van der Waals surface area contributed by atoms with Gasteiger partial charge in [-0.25, -0.2) is 9.59 Å². The third-order valence-electron chi connectivity index (χ3n) is 1.89. The summed E-state index contributed by atoms with van der Waals surface area (Å²) in [6, 6.07) is 2.56. The number of nitrogens with zero attached hydrogens (tertiary/aromatic N) is 1. The lowest BCUT2D eigenvalue weighted by Crippen LogP contribution is -2.13. The monoisotopic (exact) mass is 245 g/mol. The van der Waals surface area contributed by atoms with Gasteiger partial charge in [-0.15, -0.1) is 0 Å². The van der Waals surface area contributed by atoms with E-state index in [1.807, 2.05) is 0 Å². The van der Waals surface area contributed by atoms with Crippen LogP contribution in [0.15, 0.2) is 23.2 Å². The molecule has 0 fully saturated rings. The van der Waals surface area contributed by atoms with Crippen LogP contribution in [0.5, 0.6) is 0 Å². The molecule has 0 N–H and O–H groups in total. The molecule has 0 aliphatic carbocycles. The summed E-state index contributed by atoms with van der Waals surface area (Å²) in [5, 5.41) is 0. The Balaban J connectivity index is 3.42. The Hall–Kier alpha value is -2.14. The number of hydrogen-bond acceptors (Lipinski definition) is 4. The fourth-order valence-electron chi connectivity index (χ4n) is 1.18. The van der Waals surface area contributed by atoms with Crippen LogP contribution in [0.1, 0.15) is 15.9 Å². The first-order valence-electron chi connectivity index (χ1n) is 4.27. The van der Waals surface area contributed by atoms with Crippen LogP contribution in [-0.4, -0.2) is 19.2 Å². The smallest absolute Gasteiger partial charge is 0.417 e. The highest BCUT2D eigenvalue weighted by atomic mass is 19.4. The summed E-state index contributed by atoms with van der Waals surface area (Å²) in [5.41, 5.74) is -2.08. The fraction of sp³-hybridized carbons (Fsp3) is 0.200. The average Bonchev–Trinajstić information content (AvgIpc) is 2.27. The van der Waals surface area contributed by atoms with Crippen molar-refractivity contribution in [3.05, 3.63) is 29.3 Å². The van der Waals surface area contributed by atoms with E-state index in [1.165, 1.54) is 0 Å². The van der Waals surface area contributed by atoms with Crippen LogP contribution in [0.2, 0.25) is 0 Å². The quantitative estimate of drug-likeness (QED) is 0.457. The Morgan fingerprint density at radius 3 is 2.53 bits per heavy atom. The summed E-state index contributed by atoms with van der Waals surface area (Å²) in [5.74, 6) is -1.11. The molecule has 7 heteroatoms. The number of carbonyl (C=O) groups excluding carboxylic acids is 2. The van der Waals surface area contributed by atoms with E-state index < -0.39 is 23.3 Å². The van der Waals surface area contributed by atoms with E-state index in [0.29, 0.717) is 6.07 Å². The number of isocyanates is 1. The van der Waals surface area contributed by atoms with Gasteiger partial charge in [0.05, 0.1) is 23.9 Å². The van der Waals surface area contributed by atoms with Crippen molar-refractivity contribution in [3.63, 3.8) is 0 Å². The minimum Gasteiger partial charge on any atom is -0.465 e. The first-order valence-corrected chi connectivity index (χ1v) is 4.27. The Morgan fingerprint density at radius 1 is 1.41 bits per heavy atom. The molecule has 0 saturated heterocycles. The first kappa shape index (κ1) is 12.9. The van der Waals surface area contributed by atoms with E-state index >= 15 is 0 Å². The maximum absolute atomic E-state index is 12.6. The Kier molecular flexibility index (Phi) is 3.65. The van der Waals surface area contributed by atoms with Gasteiger partial charge in [0, 0.05) is 0 Å². The van der Waals surface area contributed by atoms with Crippen molar-refractivity contribution in [1.82, 2.24) is 0 Å². The van der Waals surface area contributed by atoms with Gasteiger partial charge in [-0.1, -0.05) is 0 Å². The lowest BCUT2D eigenvalue weighted by atomic mass is 10.1. The summed E-state index contributed by atoms with van der Waals surface area (Å²) in [6.45, 7) is 0. The number of esters is 1. The van der Waals surface area contributed by atoms with E-state index in [0.717, 1.165) is 25.3 Å². The number of halogens is 3. The lowest BCUT2D eigenvalue weighted by molar-refractivity contribution is -0.138. The highest BCUT2D eigenvalue weighted by molar-refractivity contribution is 5.91. The lowest BCUT2D eigenvalue weighted by Gasteiger charge is -2.11. The predicted octanol–water partition coefficient (Wildman–Crippen LogP) is 2.46. The molecule has 4 nitrogen and oxygen atoms in total. The standard InChI is InChI=1S/C10H6F3NO3/c1-17-9(16)7-3-2-6(14-5-15)4-8(7)10(11,12)13/h2-4H,1H3. The molecule has 0 amide bonds. The number of alkyl halides is 3. The highest BCUT2D eigenvalue weighted by Crippen LogP contribution is 2.34. The maximum atomic E-state index is 12.6. The second-order valence-electron chi connectivity index (χ2n) is 2.92. The van der Waals surface area contributed by atoms with Crippen molar-refractivity contribution in [1.29, 1.82) is 0 Å². The number of carbonyl (C=O) groups is 1. The first-order chi connectivity index (χ1) is 7.90. The summed E-state index contributed by atoms with van der Waals surface area (Å²) in [7, 11) is 0.972. The molecule has 0 unspecified atom stereocenters. The van der Waals surface area contributed by atoms with E-state index in [9.17, 15) is 22.8 Å². The summed E-state index contributed by atoms with van der Waals surface area (Å²) >= 11 is 0. The second-order valence-corrected chi connectivity index (χ2v) is 2.92. The molecule has 1 aromatic rings. The third kappa shape index (κ3) is 2.92. The molecule has 17 heavy (non-hydrogen) atoms.